The first kappa shape index (κ1) is 18.0. The van der Waals surface area contributed by atoms with Gasteiger partial charge in [0.15, 0.2) is 0 Å². The van der Waals surface area contributed by atoms with E-state index in [1.54, 1.807) is 4.57 Å². The number of carbonyl (C=O) groups is 1. The Morgan fingerprint density at radius 3 is 2.74 bits per heavy atom. The van der Waals surface area contributed by atoms with E-state index in [2.05, 4.69) is 10.3 Å². The molecule has 4 rings (SSSR count). The van der Waals surface area contributed by atoms with E-state index < -0.39 is 18.2 Å². The number of carbonyl (C=O) groups excluding carboxylic acids is 1. The standard InChI is InChI=1S/C18H19F2N3O4/c19-17(20)18(26-8-9-27-18)22-15(24)11-5-6-12-13(10-11)21-14-4-2-1-3-7-23(14)16(12)25/h5-6,10,17H,1-4,7-9H2,(H,22,24). The zero-order chi connectivity index (χ0) is 19.0. The van der Waals surface area contributed by atoms with E-state index in [1.807, 2.05) is 0 Å². The van der Waals surface area contributed by atoms with E-state index in [1.165, 1.54) is 18.2 Å². The second kappa shape index (κ2) is 6.97. The van der Waals surface area contributed by atoms with Crippen molar-refractivity contribution in [2.45, 2.75) is 44.6 Å². The molecule has 1 amide bonds. The van der Waals surface area contributed by atoms with Gasteiger partial charge in [-0.15, -0.1) is 0 Å². The summed E-state index contributed by atoms with van der Waals surface area (Å²) >= 11 is 0. The third-order valence-electron chi connectivity index (χ3n) is 4.87. The molecule has 1 N–H and O–H groups in total. The Bertz CT molecular complexity index is 938. The van der Waals surface area contributed by atoms with Crippen molar-refractivity contribution in [1.82, 2.24) is 14.9 Å². The molecule has 2 aliphatic heterocycles. The Morgan fingerprint density at radius 2 is 2.00 bits per heavy atom. The highest BCUT2D eigenvalue weighted by molar-refractivity contribution is 5.97. The summed E-state index contributed by atoms with van der Waals surface area (Å²) in [5.74, 6) is -2.53. The van der Waals surface area contributed by atoms with Gasteiger partial charge in [-0.3, -0.25) is 19.5 Å². The number of halogens is 2. The zero-order valence-electron chi connectivity index (χ0n) is 14.5. The minimum absolute atomic E-state index is 0.0349. The molecule has 9 heteroatoms. The highest BCUT2D eigenvalue weighted by atomic mass is 19.3. The number of hydrogen-bond acceptors (Lipinski definition) is 5. The van der Waals surface area contributed by atoms with Crippen molar-refractivity contribution in [1.29, 1.82) is 0 Å². The van der Waals surface area contributed by atoms with Crippen LogP contribution in [0.2, 0.25) is 0 Å². The van der Waals surface area contributed by atoms with Crippen LogP contribution in [-0.4, -0.2) is 41.0 Å². The van der Waals surface area contributed by atoms with Gasteiger partial charge >= 0.3 is 12.3 Å². The summed E-state index contributed by atoms with van der Waals surface area (Å²) in [7, 11) is 0. The number of hydrogen-bond donors (Lipinski definition) is 1. The van der Waals surface area contributed by atoms with E-state index in [9.17, 15) is 18.4 Å². The monoisotopic (exact) mass is 379 g/mol. The molecule has 27 heavy (non-hydrogen) atoms. The Balaban J connectivity index is 1.69. The van der Waals surface area contributed by atoms with E-state index >= 15 is 0 Å². The molecular weight excluding hydrogens is 360 g/mol. The first-order chi connectivity index (χ1) is 13.0. The second-order valence-electron chi connectivity index (χ2n) is 6.65. The van der Waals surface area contributed by atoms with Crippen LogP contribution >= 0.6 is 0 Å². The Morgan fingerprint density at radius 1 is 1.22 bits per heavy atom. The number of aryl methyl sites for hydroxylation is 1. The van der Waals surface area contributed by atoms with Crippen molar-refractivity contribution >= 4 is 16.8 Å². The van der Waals surface area contributed by atoms with Gasteiger partial charge in [0.05, 0.1) is 24.1 Å². The number of ether oxygens (including phenoxy) is 2. The van der Waals surface area contributed by atoms with Crippen molar-refractivity contribution in [2.75, 3.05) is 13.2 Å². The van der Waals surface area contributed by atoms with Crippen LogP contribution in [0.5, 0.6) is 0 Å². The molecule has 3 heterocycles. The van der Waals surface area contributed by atoms with Crippen molar-refractivity contribution in [2.24, 2.45) is 0 Å². The van der Waals surface area contributed by atoms with Crippen molar-refractivity contribution < 1.29 is 23.0 Å². The topological polar surface area (TPSA) is 82.5 Å². The molecular formula is C18H19F2N3O4. The maximum atomic E-state index is 13.3. The highest BCUT2D eigenvalue weighted by Crippen LogP contribution is 2.25. The number of amides is 1. The number of rotatable bonds is 3. The second-order valence-corrected chi connectivity index (χ2v) is 6.65. The Kier molecular flexibility index (Phi) is 4.65. The van der Waals surface area contributed by atoms with Gasteiger partial charge in [0.2, 0.25) is 0 Å². The molecule has 2 aliphatic rings. The van der Waals surface area contributed by atoms with E-state index in [0.717, 1.165) is 19.3 Å². The summed E-state index contributed by atoms with van der Waals surface area (Å²) in [6.45, 7) is 0.560. The summed E-state index contributed by atoms with van der Waals surface area (Å²) in [4.78, 5) is 29.7. The lowest BCUT2D eigenvalue weighted by atomic mass is 10.1. The minimum Gasteiger partial charge on any atom is -0.326 e. The zero-order valence-corrected chi connectivity index (χ0v) is 14.5. The van der Waals surface area contributed by atoms with Gasteiger partial charge in [0.25, 0.3) is 11.5 Å². The van der Waals surface area contributed by atoms with Gasteiger partial charge in [-0.1, -0.05) is 6.42 Å². The minimum atomic E-state index is -3.04. The van der Waals surface area contributed by atoms with E-state index in [-0.39, 0.29) is 24.3 Å². The predicted molar refractivity (Wildman–Crippen MR) is 91.7 cm³/mol. The average molecular weight is 379 g/mol. The summed E-state index contributed by atoms with van der Waals surface area (Å²) < 4.78 is 38.1. The molecule has 0 spiro atoms. The molecule has 0 radical (unpaired) electrons. The third kappa shape index (κ3) is 3.21. The van der Waals surface area contributed by atoms with Crippen LogP contribution in [0.25, 0.3) is 10.9 Å². The largest absolute Gasteiger partial charge is 0.326 e. The summed E-state index contributed by atoms with van der Waals surface area (Å²) in [6.07, 6.45) is 0.559. The van der Waals surface area contributed by atoms with E-state index in [0.29, 0.717) is 29.7 Å². The fourth-order valence-electron chi connectivity index (χ4n) is 3.47. The van der Waals surface area contributed by atoms with Gasteiger partial charge < -0.3 is 9.47 Å². The van der Waals surface area contributed by atoms with Crippen LogP contribution in [0, 0.1) is 0 Å². The molecule has 1 fully saturated rings. The van der Waals surface area contributed by atoms with Crippen molar-refractivity contribution in [3.05, 3.63) is 39.9 Å². The molecule has 1 saturated heterocycles. The summed E-state index contributed by atoms with van der Waals surface area (Å²) in [5, 5.41) is 2.51. The first-order valence-electron chi connectivity index (χ1n) is 8.92. The Hall–Kier alpha value is -2.39. The first-order valence-corrected chi connectivity index (χ1v) is 8.92. The number of fused-ring (bicyclic) bond motifs is 2. The van der Waals surface area contributed by atoms with Crippen molar-refractivity contribution in [3.8, 4) is 0 Å². The number of alkyl halides is 2. The lowest BCUT2D eigenvalue weighted by molar-refractivity contribution is -0.246. The third-order valence-corrected chi connectivity index (χ3v) is 4.87. The van der Waals surface area contributed by atoms with Gasteiger partial charge in [0.1, 0.15) is 5.82 Å². The number of aromatic nitrogens is 2. The van der Waals surface area contributed by atoms with Crippen LogP contribution in [-0.2, 0) is 22.4 Å². The molecule has 144 valence electrons. The lowest BCUT2D eigenvalue weighted by Crippen LogP contribution is -2.54. The van der Waals surface area contributed by atoms with Gasteiger partial charge in [-0.05, 0) is 31.0 Å². The molecule has 0 unspecified atom stereocenters. The predicted octanol–water partition coefficient (Wildman–Crippen LogP) is 1.82. The normalized spacial score (nSPS) is 19.1. The van der Waals surface area contributed by atoms with Gasteiger partial charge in [-0.25, -0.2) is 13.8 Å². The van der Waals surface area contributed by atoms with Crippen LogP contribution < -0.4 is 10.9 Å². The van der Waals surface area contributed by atoms with Crippen LogP contribution in [0.3, 0.4) is 0 Å². The highest BCUT2D eigenvalue weighted by Gasteiger charge is 2.48. The molecule has 0 atom stereocenters. The van der Waals surface area contributed by atoms with Crippen LogP contribution in [0.4, 0.5) is 8.78 Å². The summed E-state index contributed by atoms with van der Waals surface area (Å²) in [6, 6.07) is 4.35. The molecule has 1 aromatic heterocycles. The van der Waals surface area contributed by atoms with Crippen LogP contribution in [0.1, 0.15) is 35.4 Å². The molecule has 0 aliphatic carbocycles. The number of benzene rings is 1. The maximum Gasteiger partial charge on any atom is 0.316 e. The molecule has 7 nitrogen and oxygen atoms in total. The number of nitrogens with one attached hydrogen (secondary N) is 1. The average Bonchev–Trinajstić information content (AvgIpc) is 3.00. The fraction of sp³-hybridized carbons (Fsp3) is 0.500. The molecule has 1 aromatic carbocycles. The smallest absolute Gasteiger partial charge is 0.316 e. The van der Waals surface area contributed by atoms with Gasteiger partial charge in [0, 0.05) is 18.5 Å². The number of nitrogens with zero attached hydrogens (tertiary/aromatic N) is 2. The Labute approximate surface area is 153 Å². The molecule has 0 bridgehead atoms. The lowest BCUT2D eigenvalue weighted by Gasteiger charge is -2.26. The quantitative estimate of drug-likeness (QED) is 0.880. The van der Waals surface area contributed by atoms with Crippen molar-refractivity contribution in [3.63, 3.8) is 0 Å². The summed E-state index contributed by atoms with van der Waals surface area (Å²) in [5.41, 5.74) is 0.336. The molecule has 2 aromatic rings. The van der Waals surface area contributed by atoms with Crippen LogP contribution in [0.15, 0.2) is 23.0 Å². The fourth-order valence-corrected chi connectivity index (χ4v) is 3.47. The SMILES string of the molecule is O=C(NC1(C(F)F)OCCO1)c1ccc2c(=O)n3c(nc2c1)CCCCC3. The maximum absolute atomic E-state index is 13.3. The van der Waals surface area contributed by atoms with E-state index in [4.69, 9.17) is 9.47 Å². The van der Waals surface area contributed by atoms with Gasteiger partial charge in [-0.2, -0.15) is 0 Å². The molecule has 0 saturated carbocycles.